The Morgan fingerprint density at radius 3 is 2.65 bits per heavy atom. The van der Waals surface area contributed by atoms with Gasteiger partial charge in [0.05, 0.1) is 0 Å². The van der Waals surface area contributed by atoms with Crippen molar-refractivity contribution in [2.24, 2.45) is 0 Å². The summed E-state index contributed by atoms with van der Waals surface area (Å²) < 4.78 is 0. The summed E-state index contributed by atoms with van der Waals surface area (Å²) in [5, 5.41) is 5.99. The molecule has 0 radical (unpaired) electrons. The summed E-state index contributed by atoms with van der Waals surface area (Å²) in [7, 11) is 0. The number of benzene rings is 1. The first-order valence-electron chi connectivity index (χ1n) is 9.01. The molecule has 1 saturated heterocycles. The Bertz CT molecular complexity index is 680. The van der Waals surface area contributed by atoms with Gasteiger partial charge in [-0.15, -0.1) is 0 Å². The van der Waals surface area contributed by atoms with E-state index in [-0.39, 0.29) is 19.0 Å². The smallest absolute Gasteiger partial charge is 0.325 e. The lowest BCUT2D eigenvalue weighted by molar-refractivity contribution is -0.134. The summed E-state index contributed by atoms with van der Waals surface area (Å²) in [5.41, 5.74) is -0.145. The van der Waals surface area contributed by atoms with Crippen LogP contribution in [0.1, 0.15) is 51.5 Å². The highest BCUT2D eigenvalue weighted by molar-refractivity contribution is 6.31. The van der Waals surface area contributed by atoms with Crippen molar-refractivity contribution in [2.75, 3.05) is 6.54 Å². The molecular weight excluding hydrogens is 354 g/mol. The number of imide groups is 1. The molecule has 0 aromatic heterocycles. The van der Waals surface area contributed by atoms with Crippen LogP contribution in [0.2, 0.25) is 5.02 Å². The van der Waals surface area contributed by atoms with E-state index in [4.69, 9.17) is 11.6 Å². The number of carbonyl (C=O) groups is 3. The second-order valence-electron chi connectivity index (χ2n) is 6.83. The van der Waals surface area contributed by atoms with Gasteiger partial charge in [-0.3, -0.25) is 14.5 Å². The van der Waals surface area contributed by atoms with Gasteiger partial charge in [-0.2, -0.15) is 0 Å². The van der Waals surface area contributed by atoms with E-state index in [1.165, 1.54) is 0 Å². The fourth-order valence-electron chi connectivity index (χ4n) is 3.00. The number of nitrogens with one attached hydrogen (secondary N) is 2. The Morgan fingerprint density at radius 2 is 1.96 bits per heavy atom. The Kier molecular flexibility index (Phi) is 7.03. The van der Waals surface area contributed by atoms with Crippen LogP contribution in [0.15, 0.2) is 24.3 Å². The molecule has 1 heterocycles. The van der Waals surface area contributed by atoms with Gasteiger partial charge in [0.25, 0.3) is 5.91 Å². The minimum absolute atomic E-state index is 0.246. The molecule has 0 unspecified atom stereocenters. The molecule has 0 bridgehead atoms. The third-order valence-electron chi connectivity index (χ3n) is 4.61. The molecule has 1 aromatic carbocycles. The SMILES string of the molecule is CCCCCC[C@]1(C)NC(=O)N(CC(=O)NCc2ccccc2Cl)C1=O. The van der Waals surface area contributed by atoms with Crippen molar-refractivity contribution in [2.45, 2.75) is 58.0 Å². The fraction of sp³-hybridized carbons (Fsp3) is 0.526. The van der Waals surface area contributed by atoms with E-state index in [1.54, 1.807) is 13.0 Å². The minimum Gasteiger partial charge on any atom is -0.350 e. The van der Waals surface area contributed by atoms with Crippen LogP contribution < -0.4 is 10.6 Å². The average molecular weight is 380 g/mol. The van der Waals surface area contributed by atoms with Crippen LogP contribution in [0.25, 0.3) is 0 Å². The molecular formula is C19H26ClN3O3. The second-order valence-corrected chi connectivity index (χ2v) is 7.24. The predicted octanol–water partition coefficient (Wildman–Crippen LogP) is 3.24. The highest BCUT2D eigenvalue weighted by Gasteiger charge is 2.47. The van der Waals surface area contributed by atoms with Gasteiger partial charge in [0.1, 0.15) is 12.1 Å². The molecule has 6 nitrogen and oxygen atoms in total. The van der Waals surface area contributed by atoms with E-state index in [2.05, 4.69) is 17.6 Å². The van der Waals surface area contributed by atoms with E-state index in [0.29, 0.717) is 11.4 Å². The van der Waals surface area contributed by atoms with Crippen molar-refractivity contribution in [1.82, 2.24) is 15.5 Å². The van der Waals surface area contributed by atoms with Gasteiger partial charge in [0.2, 0.25) is 5.91 Å². The lowest BCUT2D eigenvalue weighted by Crippen LogP contribution is -2.45. The Morgan fingerprint density at radius 1 is 1.23 bits per heavy atom. The summed E-state index contributed by atoms with van der Waals surface area (Å²) in [5.74, 6) is -0.740. The maximum Gasteiger partial charge on any atom is 0.325 e. The van der Waals surface area contributed by atoms with E-state index in [1.807, 2.05) is 18.2 Å². The fourth-order valence-corrected chi connectivity index (χ4v) is 3.20. The number of halogens is 1. The molecule has 2 rings (SSSR count). The molecule has 26 heavy (non-hydrogen) atoms. The molecule has 0 saturated carbocycles. The van der Waals surface area contributed by atoms with Crippen molar-refractivity contribution in [3.8, 4) is 0 Å². The Labute approximate surface area is 159 Å². The first-order valence-corrected chi connectivity index (χ1v) is 9.39. The molecule has 4 amide bonds. The van der Waals surface area contributed by atoms with Gasteiger partial charge in [-0.25, -0.2) is 4.79 Å². The van der Waals surface area contributed by atoms with Crippen LogP contribution >= 0.6 is 11.6 Å². The molecule has 1 fully saturated rings. The number of urea groups is 1. The maximum atomic E-state index is 12.6. The highest BCUT2D eigenvalue weighted by Crippen LogP contribution is 2.24. The third-order valence-corrected chi connectivity index (χ3v) is 4.98. The van der Waals surface area contributed by atoms with E-state index >= 15 is 0 Å². The van der Waals surface area contributed by atoms with Crippen molar-refractivity contribution in [3.05, 3.63) is 34.9 Å². The van der Waals surface area contributed by atoms with E-state index < -0.39 is 17.5 Å². The molecule has 1 aromatic rings. The number of carbonyl (C=O) groups excluding carboxylic acids is 3. The molecule has 0 aliphatic carbocycles. The summed E-state index contributed by atoms with van der Waals surface area (Å²) in [6.07, 6.45) is 4.67. The minimum atomic E-state index is -0.923. The zero-order valence-electron chi connectivity index (χ0n) is 15.3. The molecule has 0 spiro atoms. The lowest BCUT2D eigenvalue weighted by Gasteiger charge is -2.21. The first-order chi connectivity index (χ1) is 12.4. The molecule has 1 atom stereocenters. The number of hydrogen-bond donors (Lipinski definition) is 2. The highest BCUT2D eigenvalue weighted by atomic mass is 35.5. The van der Waals surface area contributed by atoms with Gasteiger partial charge in [0, 0.05) is 11.6 Å². The van der Waals surface area contributed by atoms with Crippen LogP contribution in [-0.2, 0) is 16.1 Å². The van der Waals surface area contributed by atoms with E-state index in [9.17, 15) is 14.4 Å². The number of amides is 4. The molecule has 1 aliphatic rings. The summed E-state index contributed by atoms with van der Waals surface area (Å²) in [6.45, 7) is 3.80. The number of hydrogen-bond acceptors (Lipinski definition) is 3. The van der Waals surface area contributed by atoms with Gasteiger partial charge >= 0.3 is 6.03 Å². The summed E-state index contributed by atoms with van der Waals surface area (Å²) in [6, 6.07) is 6.67. The largest absolute Gasteiger partial charge is 0.350 e. The first kappa shape index (κ1) is 20.2. The molecule has 2 N–H and O–H groups in total. The van der Waals surface area contributed by atoms with Crippen molar-refractivity contribution < 1.29 is 14.4 Å². The number of rotatable bonds is 9. The third kappa shape index (κ3) is 4.97. The van der Waals surface area contributed by atoms with Crippen LogP contribution in [0, 0.1) is 0 Å². The van der Waals surface area contributed by atoms with Crippen molar-refractivity contribution in [3.63, 3.8) is 0 Å². The Balaban J connectivity index is 1.88. The number of unbranched alkanes of at least 4 members (excludes halogenated alkanes) is 3. The van der Waals surface area contributed by atoms with Crippen LogP contribution in [0.5, 0.6) is 0 Å². The maximum absolute atomic E-state index is 12.6. The Hall–Kier alpha value is -2.08. The van der Waals surface area contributed by atoms with Gasteiger partial charge in [0.15, 0.2) is 0 Å². The van der Waals surface area contributed by atoms with Crippen LogP contribution in [0.4, 0.5) is 4.79 Å². The zero-order chi connectivity index (χ0) is 19.2. The molecule has 142 valence electrons. The second kappa shape index (κ2) is 9.03. The molecule has 7 heteroatoms. The zero-order valence-corrected chi connectivity index (χ0v) is 16.1. The van der Waals surface area contributed by atoms with Crippen LogP contribution in [0.3, 0.4) is 0 Å². The van der Waals surface area contributed by atoms with Crippen molar-refractivity contribution in [1.29, 1.82) is 0 Å². The normalized spacial score (nSPS) is 19.6. The van der Waals surface area contributed by atoms with Gasteiger partial charge in [-0.05, 0) is 25.0 Å². The topological polar surface area (TPSA) is 78.5 Å². The summed E-state index contributed by atoms with van der Waals surface area (Å²) >= 11 is 6.05. The monoisotopic (exact) mass is 379 g/mol. The van der Waals surface area contributed by atoms with Gasteiger partial charge < -0.3 is 10.6 Å². The van der Waals surface area contributed by atoms with Crippen molar-refractivity contribution >= 4 is 29.4 Å². The van der Waals surface area contributed by atoms with Gasteiger partial charge in [-0.1, -0.05) is 62.4 Å². The summed E-state index contributed by atoms with van der Waals surface area (Å²) in [4.78, 5) is 37.9. The van der Waals surface area contributed by atoms with Crippen LogP contribution in [-0.4, -0.2) is 34.8 Å². The number of nitrogens with zero attached hydrogens (tertiary/aromatic N) is 1. The average Bonchev–Trinajstić information content (AvgIpc) is 2.81. The molecule has 1 aliphatic heterocycles. The lowest BCUT2D eigenvalue weighted by atomic mass is 9.94. The standard InChI is InChI=1S/C19H26ClN3O3/c1-3-4-5-8-11-19(2)17(25)23(18(26)22-19)13-16(24)21-12-14-9-6-7-10-15(14)20/h6-7,9-10H,3-5,8,11-13H2,1-2H3,(H,21,24)(H,22,26)/t19-/m0/s1. The quantitative estimate of drug-likeness (QED) is 0.510. The van der Waals surface area contributed by atoms with E-state index in [0.717, 1.165) is 36.1 Å². The predicted molar refractivity (Wildman–Crippen MR) is 101 cm³/mol.